The Morgan fingerprint density at radius 3 is 2.33 bits per heavy atom. The van der Waals surface area contributed by atoms with Gasteiger partial charge >= 0.3 is 10.2 Å². The maximum atomic E-state index is 15.3. The van der Waals surface area contributed by atoms with Gasteiger partial charge < -0.3 is 18.9 Å². The maximum Gasteiger partial charge on any atom is 0.303 e. The van der Waals surface area contributed by atoms with E-state index in [0.29, 0.717) is 18.5 Å². The Kier molecular flexibility index (Phi) is 7.19. The number of methoxy groups -OCH3 is 1. The number of rotatable bonds is 7. The zero-order valence-corrected chi connectivity index (χ0v) is 31.3. The lowest BCUT2D eigenvalue weighted by atomic mass is 9.71. The molecule has 10 rings (SSSR count). The van der Waals surface area contributed by atoms with Crippen LogP contribution in [0.5, 0.6) is 5.75 Å². The highest BCUT2D eigenvalue weighted by Crippen LogP contribution is 2.67. The summed E-state index contributed by atoms with van der Waals surface area (Å²) in [7, 11) is 0.512. The Balaban J connectivity index is 1.10. The molecule has 2 aromatic carbocycles. The molecule has 1 N–H and O–H groups in total. The smallest absolute Gasteiger partial charge is 0.303 e. The lowest BCUT2D eigenvalue weighted by Crippen LogP contribution is -2.43. The van der Waals surface area contributed by atoms with Crippen molar-refractivity contribution in [2.45, 2.75) is 75.8 Å². The molecule has 12 heteroatoms. The molecule has 7 aliphatic rings. The normalized spacial score (nSPS) is 31.2. The molecule has 0 spiro atoms. The predicted molar refractivity (Wildman–Crippen MR) is 196 cm³/mol. The summed E-state index contributed by atoms with van der Waals surface area (Å²) in [5.41, 5.74) is 5.24. The molecule has 3 saturated carbocycles. The molecular weight excluding hydrogens is 679 g/mol. The van der Waals surface area contributed by atoms with Crippen molar-refractivity contribution in [1.82, 2.24) is 23.4 Å². The van der Waals surface area contributed by atoms with Gasteiger partial charge in [0.1, 0.15) is 5.75 Å². The first-order valence-electron chi connectivity index (χ1n) is 19.2. The summed E-state index contributed by atoms with van der Waals surface area (Å²) in [4.78, 5) is 33.7. The van der Waals surface area contributed by atoms with E-state index < -0.39 is 21.5 Å². The average molecular weight is 728 g/mol. The largest absolute Gasteiger partial charge is 0.497 e. The molecule has 1 aromatic heterocycles. The van der Waals surface area contributed by atoms with Crippen molar-refractivity contribution in [2.75, 3.05) is 60.6 Å². The van der Waals surface area contributed by atoms with E-state index in [2.05, 4.69) is 31.2 Å². The van der Waals surface area contributed by atoms with Gasteiger partial charge in [0.25, 0.3) is 5.91 Å². The fourth-order valence-electron chi connectivity index (χ4n) is 11.2. The van der Waals surface area contributed by atoms with Gasteiger partial charge in [-0.25, -0.2) is 4.72 Å². The fourth-order valence-corrected chi connectivity index (χ4v) is 11.7. The van der Waals surface area contributed by atoms with Crippen LogP contribution in [0.1, 0.15) is 84.7 Å². The average Bonchev–Trinajstić information content (AvgIpc) is 3.99. The van der Waals surface area contributed by atoms with Gasteiger partial charge in [-0.15, -0.1) is 0 Å². The van der Waals surface area contributed by atoms with Crippen LogP contribution < -0.4 is 9.46 Å². The second kappa shape index (κ2) is 11.3. The van der Waals surface area contributed by atoms with Crippen molar-refractivity contribution in [3.63, 3.8) is 0 Å². The zero-order valence-electron chi connectivity index (χ0n) is 30.4. The molecule has 0 radical (unpaired) electrons. The molecule has 276 valence electrons. The molecule has 11 nitrogen and oxygen atoms in total. The Morgan fingerprint density at radius 1 is 0.923 bits per heavy atom. The molecule has 3 aliphatic carbocycles. The summed E-state index contributed by atoms with van der Waals surface area (Å²) < 4.78 is 42.9. The molecule has 4 aliphatic heterocycles. The summed E-state index contributed by atoms with van der Waals surface area (Å²) in [6.45, 7) is 5.47. The molecule has 4 atom stereocenters. The highest BCUT2D eigenvalue weighted by molar-refractivity contribution is 7.87. The van der Waals surface area contributed by atoms with Crippen LogP contribution in [0.15, 0.2) is 36.4 Å². The number of carbonyl (C=O) groups is 2. The van der Waals surface area contributed by atoms with E-state index in [4.69, 9.17) is 9.47 Å². The van der Waals surface area contributed by atoms with Gasteiger partial charge in [-0.1, -0.05) is 25.3 Å². The summed E-state index contributed by atoms with van der Waals surface area (Å²) >= 11 is 0. The third-order valence-corrected chi connectivity index (χ3v) is 15.5. The number of likely N-dealkylation sites (tertiary alicyclic amines) is 2. The standard InChI is InChI=1S/C40H49N5O6S/c1-42(2)52(48,49)41-36(46)26-9-13-30-33(15-26)45-22-40(37(47)44-20-38-18-43(27-10-11-27)19-39(38,21-44)24-51-23-38)17-32(40)31-16-28(50-3)12-14-29(31)35(45)34(30)25-7-5-4-6-8-25/h9,12-16,25,27,32H,4-8,10-11,17-24H2,1-3H3,(H,41,46)/t32-,38?,39?,40-/m0/s1. The van der Waals surface area contributed by atoms with Crippen molar-refractivity contribution >= 4 is 32.9 Å². The maximum absolute atomic E-state index is 15.3. The van der Waals surface area contributed by atoms with E-state index in [9.17, 15) is 13.2 Å². The summed E-state index contributed by atoms with van der Waals surface area (Å²) in [5.74, 6) is 0.749. The van der Waals surface area contributed by atoms with Crippen LogP contribution in [-0.2, 0) is 26.3 Å². The third-order valence-electron chi connectivity index (χ3n) is 14.1. The number of fused-ring (bicyclic) bond motifs is 7. The number of nitrogens with zero attached hydrogens (tertiary/aromatic N) is 4. The Hall–Kier alpha value is -3.45. The summed E-state index contributed by atoms with van der Waals surface area (Å²) in [5, 5.41) is 1.08. The lowest BCUT2D eigenvalue weighted by Gasteiger charge is -2.30. The highest BCUT2D eigenvalue weighted by atomic mass is 32.2. The van der Waals surface area contributed by atoms with E-state index in [0.717, 1.165) is 90.9 Å². The number of hydrogen-bond acceptors (Lipinski definition) is 7. The van der Waals surface area contributed by atoms with Gasteiger partial charge in [0, 0.05) is 91.6 Å². The van der Waals surface area contributed by atoms with Crippen LogP contribution in [0.2, 0.25) is 0 Å². The third kappa shape index (κ3) is 4.69. The Labute approximate surface area is 305 Å². The van der Waals surface area contributed by atoms with Crippen molar-refractivity contribution in [2.24, 2.45) is 16.2 Å². The molecule has 6 fully saturated rings. The van der Waals surface area contributed by atoms with Crippen molar-refractivity contribution < 1.29 is 27.5 Å². The molecule has 5 heterocycles. The monoisotopic (exact) mass is 727 g/mol. The Morgan fingerprint density at radius 2 is 1.65 bits per heavy atom. The van der Waals surface area contributed by atoms with Crippen LogP contribution in [-0.4, -0.2) is 106 Å². The van der Waals surface area contributed by atoms with Gasteiger partial charge in [-0.2, -0.15) is 12.7 Å². The number of carbonyl (C=O) groups excluding carboxylic acids is 2. The van der Waals surface area contributed by atoms with E-state index in [1.165, 1.54) is 57.3 Å². The molecule has 2 unspecified atom stereocenters. The highest BCUT2D eigenvalue weighted by Gasteiger charge is 2.71. The minimum Gasteiger partial charge on any atom is -0.497 e. The molecule has 52 heavy (non-hydrogen) atoms. The van der Waals surface area contributed by atoms with Gasteiger partial charge in [-0.05, 0) is 79.5 Å². The fraction of sp³-hybridized carbons (Fsp3) is 0.600. The second-order valence-electron chi connectivity index (χ2n) is 17.4. The van der Waals surface area contributed by atoms with Gasteiger partial charge in [-0.3, -0.25) is 14.5 Å². The van der Waals surface area contributed by atoms with Gasteiger partial charge in [0.15, 0.2) is 0 Å². The zero-order chi connectivity index (χ0) is 35.8. The number of benzene rings is 2. The van der Waals surface area contributed by atoms with Crippen LogP contribution in [0.3, 0.4) is 0 Å². The Bertz CT molecular complexity index is 2120. The van der Waals surface area contributed by atoms with Crippen LogP contribution in [0.25, 0.3) is 22.2 Å². The first-order valence-corrected chi connectivity index (χ1v) is 20.6. The molecule has 0 bridgehead atoms. The van der Waals surface area contributed by atoms with E-state index in [1.807, 2.05) is 18.2 Å². The number of nitrogens with one attached hydrogen (secondary N) is 1. The van der Waals surface area contributed by atoms with Crippen LogP contribution in [0.4, 0.5) is 0 Å². The molecule has 3 aromatic rings. The predicted octanol–water partition coefficient (Wildman–Crippen LogP) is 4.71. The van der Waals surface area contributed by atoms with E-state index in [-0.39, 0.29) is 28.2 Å². The summed E-state index contributed by atoms with van der Waals surface area (Å²) in [6, 6.07) is 12.7. The van der Waals surface area contributed by atoms with E-state index in [1.54, 1.807) is 13.2 Å². The summed E-state index contributed by atoms with van der Waals surface area (Å²) in [6.07, 6.45) is 9.07. The van der Waals surface area contributed by atoms with Crippen molar-refractivity contribution in [3.8, 4) is 17.0 Å². The minimum atomic E-state index is -3.98. The quantitative estimate of drug-likeness (QED) is 0.375. The minimum absolute atomic E-state index is 0.00719. The number of ether oxygens (including phenoxy) is 2. The second-order valence-corrected chi connectivity index (χ2v) is 19.2. The first-order chi connectivity index (χ1) is 25.0. The van der Waals surface area contributed by atoms with Crippen LogP contribution in [0, 0.1) is 16.2 Å². The molecular formula is C40H49N5O6S. The number of amides is 2. The van der Waals surface area contributed by atoms with Crippen molar-refractivity contribution in [3.05, 3.63) is 53.1 Å². The number of aromatic nitrogens is 1. The SMILES string of the molecule is COc1ccc2c(c1)[C@@H]1C[C@]1(C(=O)N1CC34COCC3(C1)CN(C1CC1)C4)Cn1c-2c(C2CCCCC2)c2ccc(C(=O)NS(=O)(=O)N(C)C)cc21. The van der Waals surface area contributed by atoms with E-state index >= 15 is 4.79 Å². The van der Waals surface area contributed by atoms with Crippen LogP contribution >= 0.6 is 0 Å². The molecule has 2 amide bonds. The van der Waals surface area contributed by atoms with Gasteiger partial charge in [0.2, 0.25) is 5.91 Å². The first kappa shape index (κ1) is 33.1. The van der Waals surface area contributed by atoms with Gasteiger partial charge in [0.05, 0.1) is 31.4 Å². The lowest BCUT2D eigenvalue weighted by molar-refractivity contribution is -0.138. The molecule has 3 saturated heterocycles. The number of hydrogen-bond donors (Lipinski definition) is 1. The topological polar surface area (TPSA) is 113 Å². The van der Waals surface area contributed by atoms with Crippen molar-refractivity contribution in [1.29, 1.82) is 0 Å².